The van der Waals surface area contributed by atoms with Crippen molar-refractivity contribution >= 4 is 12.3 Å². The number of amides is 2. The normalized spacial score (nSPS) is 15.8. The highest BCUT2D eigenvalue weighted by Crippen LogP contribution is 2.08. The first-order valence-electron chi connectivity index (χ1n) is 5.82. The number of carbonyl (C=O) groups is 2. The number of nitrogens with one attached hydrogen (secondary N) is 1. The third-order valence-corrected chi connectivity index (χ3v) is 2.85. The quantitative estimate of drug-likeness (QED) is 0.717. The summed E-state index contributed by atoms with van der Waals surface area (Å²) < 4.78 is 5.17. The largest absolute Gasteiger partial charge is 0.447 e. The number of hydrogen-bond donors (Lipinski definition) is 1. The van der Waals surface area contributed by atoms with Crippen molar-refractivity contribution in [1.82, 2.24) is 20.1 Å². The molecule has 0 spiro atoms. The molecule has 1 fully saturated rings. The van der Waals surface area contributed by atoms with Crippen LogP contribution in [0.25, 0.3) is 0 Å². The van der Waals surface area contributed by atoms with Gasteiger partial charge in [0.25, 0.3) is 5.91 Å². The van der Waals surface area contributed by atoms with Crippen LogP contribution in [0.1, 0.15) is 16.4 Å². The Hall–Kier alpha value is -1.89. The first kappa shape index (κ1) is 12.6. The lowest BCUT2D eigenvalue weighted by Crippen LogP contribution is -2.48. The van der Waals surface area contributed by atoms with Gasteiger partial charge in [-0.05, 0) is 7.05 Å². The zero-order valence-corrected chi connectivity index (χ0v) is 10.3. The standard InChI is InChI=1S/C11H16N4O3/c1-12-6-10-13-9(7-18-10)11(17)15-4-2-14(8-16)3-5-15/h7-8,12H,2-6H2,1H3. The van der Waals surface area contributed by atoms with E-state index in [0.29, 0.717) is 44.3 Å². The monoisotopic (exact) mass is 252 g/mol. The lowest BCUT2D eigenvalue weighted by atomic mass is 10.3. The molecule has 1 N–H and O–H groups in total. The Kier molecular flexibility index (Phi) is 3.93. The molecule has 7 nitrogen and oxygen atoms in total. The summed E-state index contributed by atoms with van der Waals surface area (Å²) in [6.45, 7) is 2.69. The summed E-state index contributed by atoms with van der Waals surface area (Å²) in [6.07, 6.45) is 2.18. The molecule has 0 unspecified atom stereocenters. The Balaban J connectivity index is 1.96. The van der Waals surface area contributed by atoms with Crippen molar-refractivity contribution in [3.05, 3.63) is 17.8 Å². The topological polar surface area (TPSA) is 78.7 Å². The van der Waals surface area contributed by atoms with E-state index in [1.54, 1.807) is 16.8 Å². The molecular weight excluding hydrogens is 236 g/mol. The molecule has 98 valence electrons. The van der Waals surface area contributed by atoms with E-state index in [1.807, 2.05) is 0 Å². The number of nitrogens with zero attached hydrogens (tertiary/aromatic N) is 3. The molecule has 0 bridgehead atoms. The highest BCUT2D eigenvalue weighted by atomic mass is 16.3. The van der Waals surface area contributed by atoms with Crippen LogP contribution in [0.3, 0.4) is 0 Å². The van der Waals surface area contributed by atoms with Crippen molar-refractivity contribution in [2.75, 3.05) is 33.2 Å². The van der Waals surface area contributed by atoms with Gasteiger partial charge in [-0.1, -0.05) is 0 Å². The van der Waals surface area contributed by atoms with Crippen LogP contribution < -0.4 is 5.32 Å². The molecule has 0 atom stereocenters. The second kappa shape index (κ2) is 5.63. The molecule has 0 aromatic carbocycles. The van der Waals surface area contributed by atoms with Crippen LogP contribution >= 0.6 is 0 Å². The minimum Gasteiger partial charge on any atom is -0.447 e. The summed E-state index contributed by atoms with van der Waals surface area (Å²) in [6, 6.07) is 0. The highest BCUT2D eigenvalue weighted by Gasteiger charge is 2.23. The number of hydrogen-bond acceptors (Lipinski definition) is 5. The summed E-state index contributed by atoms with van der Waals surface area (Å²) in [5.41, 5.74) is 0.319. The first-order valence-corrected chi connectivity index (χ1v) is 5.82. The van der Waals surface area contributed by atoms with E-state index in [-0.39, 0.29) is 5.91 Å². The van der Waals surface area contributed by atoms with Crippen molar-refractivity contribution in [2.45, 2.75) is 6.54 Å². The van der Waals surface area contributed by atoms with Crippen LogP contribution in [-0.4, -0.2) is 60.3 Å². The molecule has 1 aliphatic heterocycles. The fourth-order valence-electron chi connectivity index (χ4n) is 1.83. The molecule has 2 heterocycles. The Morgan fingerprint density at radius 3 is 2.83 bits per heavy atom. The maximum atomic E-state index is 12.1. The summed E-state index contributed by atoms with van der Waals surface area (Å²) in [4.78, 5) is 30.1. The number of carbonyl (C=O) groups excluding carboxylic acids is 2. The maximum absolute atomic E-state index is 12.1. The average Bonchev–Trinajstić information content (AvgIpc) is 2.87. The van der Waals surface area contributed by atoms with Crippen LogP contribution in [-0.2, 0) is 11.3 Å². The SMILES string of the molecule is CNCc1nc(C(=O)N2CCN(C=O)CC2)co1. The lowest BCUT2D eigenvalue weighted by molar-refractivity contribution is -0.119. The zero-order valence-electron chi connectivity index (χ0n) is 10.3. The van der Waals surface area contributed by atoms with Gasteiger partial charge in [0.05, 0.1) is 6.54 Å². The molecular formula is C11H16N4O3. The van der Waals surface area contributed by atoms with Crippen LogP contribution in [0.4, 0.5) is 0 Å². The van der Waals surface area contributed by atoms with Crippen molar-refractivity contribution < 1.29 is 14.0 Å². The summed E-state index contributed by atoms with van der Waals surface area (Å²) in [7, 11) is 1.78. The van der Waals surface area contributed by atoms with Crippen LogP contribution in [0, 0.1) is 0 Å². The molecule has 1 aliphatic rings. The van der Waals surface area contributed by atoms with Gasteiger partial charge in [-0.15, -0.1) is 0 Å². The van der Waals surface area contributed by atoms with Crippen molar-refractivity contribution in [3.63, 3.8) is 0 Å². The van der Waals surface area contributed by atoms with E-state index >= 15 is 0 Å². The van der Waals surface area contributed by atoms with Gasteiger partial charge in [0, 0.05) is 26.2 Å². The smallest absolute Gasteiger partial charge is 0.275 e. The molecule has 1 aromatic rings. The molecule has 1 saturated heterocycles. The van der Waals surface area contributed by atoms with E-state index in [0.717, 1.165) is 6.41 Å². The molecule has 7 heteroatoms. The predicted molar refractivity (Wildman–Crippen MR) is 62.8 cm³/mol. The molecule has 0 aliphatic carbocycles. The molecule has 2 rings (SSSR count). The minimum atomic E-state index is -0.147. The minimum absolute atomic E-state index is 0.147. The Labute approximate surface area is 105 Å². The molecule has 0 radical (unpaired) electrons. The van der Waals surface area contributed by atoms with Crippen molar-refractivity contribution in [2.24, 2.45) is 0 Å². The van der Waals surface area contributed by atoms with Crippen LogP contribution in [0.15, 0.2) is 10.7 Å². The first-order chi connectivity index (χ1) is 8.74. The Morgan fingerprint density at radius 2 is 2.22 bits per heavy atom. The van der Waals surface area contributed by atoms with Gasteiger partial charge in [-0.2, -0.15) is 0 Å². The number of oxazole rings is 1. The second-order valence-corrected chi connectivity index (χ2v) is 4.09. The van der Waals surface area contributed by atoms with E-state index in [9.17, 15) is 9.59 Å². The van der Waals surface area contributed by atoms with Crippen molar-refractivity contribution in [1.29, 1.82) is 0 Å². The fraction of sp³-hybridized carbons (Fsp3) is 0.545. The lowest BCUT2D eigenvalue weighted by Gasteiger charge is -2.31. The summed E-state index contributed by atoms with van der Waals surface area (Å²) in [5.74, 6) is 0.346. The molecule has 0 saturated carbocycles. The van der Waals surface area contributed by atoms with Gasteiger partial charge in [0.2, 0.25) is 12.3 Å². The second-order valence-electron chi connectivity index (χ2n) is 4.09. The third-order valence-electron chi connectivity index (χ3n) is 2.85. The highest BCUT2D eigenvalue weighted by molar-refractivity contribution is 5.92. The van der Waals surface area contributed by atoms with E-state index in [2.05, 4.69) is 10.3 Å². The molecule has 18 heavy (non-hydrogen) atoms. The van der Waals surface area contributed by atoms with Gasteiger partial charge in [-0.25, -0.2) is 4.98 Å². The Bertz CT molecular complexity index is 424. The number of rotatable bonds is 4. The number of aromatic nitrogens is 1. The molecule has 2 amide bonds. The van der Waals surface area contributed by atoms with Crippen LogP contribution in [0.5, 0.6) is 0 Å². The molecule has 1 aromatic heterocycles. The van der Waals surface area contributed by atoms with Crippen LogP contribution in [0.2, 0.25) is 0 Å². The van der Waals surface area contributed by atoms with Gasteiger partial charge in [0.15, 0.2) is 5.69 Å². The average molecular weight is 252 g/mol. The van der Waals surface area contributed by atoms with E-state index in [4.69, 9.17) is 4.42 Å². The Morgan fingerprint density at radius 1 is 1.50 bits per heavy atom. The summed E-state index contributed by atoms with van der Waals surface area (Å²) >= 11 is 0. The van der Waals surface area contributed by atoms with Crippen molar-refractivity contribution in [3.8, 4) is 0 Å². The van der Waals surface area contributed by atoms with Gasteiger partial charge in [-0.3, -0.25) is 9.59 Å². The van der Waals surface area contributed by atoms with E-state index < -0.39 is 0 Å². The number of piperazine rings is 1. The maximum Gasteiger partial charge on any atom is 0.275 e. The van der Waals surface area contributed by atoms with Gasteiger partial charge < -0.3 is 19.5 Å². The van der Waals surface area contributed by atoms with E-state index in [1.165, 1.54) is 6.26 Å². The predicted octanol–water partition coefficient (Wildman–Crippen LogP) is -0.692. The zero-order chi connectivity index (χ0) is 13.0. The third kappa shape index (κ3) is 2.67. The van der Waals surface area contributed by atoms with Gasteiger partial charge in [0.1, 0.15) is 6.26 Å². The summed E-state index contributed by atoms with van der Waals surface area (Å²) in [5, 5.41) is 2.90. The fourth-order valence-corrected chi connectivity index (χ4v) is 1.83. The van der Waals surface area contributed by atoms with Gasteiger partial charge >= 0.3 is 0 Å².